The van der Waals surface area contributed by atoms with E-state index in [1.807, 2.05) is 0 Å². The Kier molecular flexibility index (Phi) is 4.06. The Balaban J connectivity index is 1.53. The van der Waals surface area contributed by atoms with Crippen LogP contribution < -0.4 is 11.0 Å². The largest absolute Gasteiger partial charge is 0.396 e. The Bertz CT molecular complexity index is 987. The van der Waals surface area contributed by atoms with Crippen LogP contribution in [0.4, 0.5) is 5.95 Å². The van der Waals surface area contributed by atoms with Gasteiger partial charge in [0.1, 0.15) is 0 Å². The molecule has 4 rings (SSSR count). The molecule has 1 aliphatic carbocycles. The summed E-state index contributed by atoms with van der Waals surface area (Å²) >= 11 is 1.28. The van der Waals surface area contributed by atoms with E-state index in [1.165, 1.54) is 11.8 Å². The van der Waals surface area contributed by atoms with Crippen LogP contribution in [0.1, 0.15) is 29.2 Å². The molecular weight excluding hydrogens is 344 g/mol. The number of imidazole rings is 1. The van der Waals surface area contributed by atoms with E-state index in [4.69, 9.17) is 5.11 Å². The number of rotatable bonds is 6. The number of hydrogen-bond donors (Lipinski definition) is 4. The molecule has 1 amide bonds. The fourth-order valence-electron chi connectivity index (χ4n) is 2.65. The number of aliphatic hydroxyl groups is 1. The van der Waals surface area contributed by atoms with Crippen LogP contribution in [0.3, 0.4) is 0 Å². The van der Waals surface area contributed by atoms with Crippen LogP contribution in [-0.4, -0.2) is 48.1 Å². The number of aromatic amines is 2. The van der Waals surface area contributed by atoms with Crippen LogP contribution in [0.5, 0.6) is 0 Å². The van der Waals surface area contributed by atoms with Gasteiger partial charge in [-0.2, -0.15) is 4.98 Å². The van der Waals surface area contributed by atoms with Crippen molar-refractivity contribution in [3.05, 3.63) is 34.2 Å². The molecule has 25 heavy (non-hydrogen) atoms. The van der Waals surface area contributed by atoms with Crippen LogP contribution >= 0.6 is 11.8 Å². The van der Waals surface area contributed by atoms with Crippen LogP contribution in [-0.2, 0) is 0 Å². The lowest BCUT2D eigenvalue weighted by Crippen LogP contribution is -2.14. The summed E-state index contributed by atoms with van der Waals surface area (Å²) in [5.74, 6) is 0.360. The lowest BCUT2D eigenvalue weighted by Gasteiger charge is -2.03. The zero-order chi connectivity index (χ0) is 17.4. The third-order valence-electron chi connectivity index (χ3n) is 3.91. The highest BCUT2D eigenvalue weighted by Gasteiger charge is 2.27. The summed E-state index contributed by atoms with van der Waals surface area (Å²) in [6.45, 7) is 0.0274. The SMILES string of the molecule is O=C(Nc1nc(SCCO)n[nH]1)c1ccc2c(c1)[nH]c(=O)n2C1CC1. The fourth-order valence-corrected chi connectivity index (χ4v) is 3.19. The van der Waals surface area contributed by atoms with E-state index in [0.717, 1.165) is 18.4 Å². The third kappa shape index (κ3) is 3.17. The minimum absolute atomic E-state index is 0.0274. The maximum Gasteiger partial charge on any atom is 0.326 e. The highest BCUT2D eigenvalue weighted by atomic mass is 32.2. The average Bonchev–Trinajstić information content (AvgIpc) is 3.24. The zero-order valence-electron chi connectivity index (χ0n) is 13.2. The highest BCUT2D eigenvalue weighted by molar-refractivity contribution is 7.99. The second-order valence-electron chi connectivity index (χ2n) is 5.76. The molecule has 130 valence electrons. The summed E-state index contributed by atoms with van der Waals surface area (Å²) in [5, 5.41) is 18.4. The number of H-pyrrole nitrogens is 2. The molecule has 1 aromatic carbocycles. The standard InChI is InChI=1S/C15H16N6O3S/c22-5-6-25-14-18-13(19-20-14)17-12(23)8-1-4-11-10(7-8)16-15(24)21(11)9-2-3-9/h1,4,7,9,22H,2-3,5-6H2,(H,16,24)(H2,17,18,19,20,23). The molecule has 3 aromatic rings. The molecule has 1 aliphatic rings. The van der Waals surface area contributed by atoms with Crippen LogP contribution in [0.15, 0.2) is 28.2 Å². The van der Waals surface area contributed by atoms with Gasteiger partial charge in [-0.15, -0.1) is 5.10 Å². The van der Waals surface area contributed by atoms with E-state index in [9.17, 15) is 9.59 Å². The Labute approximate surface area is 145 Å². The average molecular weight is 360 g/mol. The molecule has 0 atom stereocenters. The molecule has 0 spiro atoms. The second kappa shape index (κ2) is 6.37. The first-order valence-electron chi connectivity index (χ1n) is 7.87. The molecule has 0 saturated heterocycles. The maximum atomic E-state index is 12.4. The number of nitrogens with zero attached hydrogens (tertiary/aromatic N) is 3. The Morgan fingerprint density at radius 3 is 3.04 bits per heavy atom. The summed E-state index contributed by atoms with van der Waals surface area (Å²) < 4.78 is 1.75. The van der Waals surface area contributed by atoms with Gasteiger partial charge in [-0.25, -0.2) is 9.89 Å². The number of aromatic nitrogens is 5. The van der Waals surface area contributed by atoms with Gasteiger partial charge in [0.2, 0.25) is 11.1 Å². The van der Waals surface area contributed by atoms with E-state index in [1.54, 1.807) is 22.8 Å². The van der Waals surface area contributed by atoms with Crippen molar-refractivity contribution < 1.29 is 9.90 Å². The lowest BCUT2D eigenvalue weighted by molar-refractivity contribution is 0.102. The van der Waals surface area contributed by atoms with Gasteiger partial charge in [-0.3, -0.25) is 14.7 Å². The van der Waals surface area contributed by atoms with Crippen LogP contribution in [0.2, 0.25) is 0 Å². The Hall–Kier alpha value is -2.59. The Morgan fingerprint density at radius 1 is 1.44 bits per heavy atom. The summed E-state index contributed by atoms with van der Waals surface area (Å²) in [7, 11) is 0. The van der Waals surface area contributed by atoms with Gasteiger partial charge >= 0.3 is 5.69 Å². The number of benzene rings is 1. The number of nitrogens with one attached hydrogen (secondary N) is 3. The van der Waals surface area contributed by atoms with Crippen LogP contribution in [0, 0.1) is 0 Å². The first-order chi connectivity index (χ1) is 12.2. The van der Waals surface area contributed by atoms with E-state index in [0.29, 0.717) is 22.0 Å². The van der Waals surface area contributed by atoms with Crippen molar-refractivity contribution in [1.82, 2.24) is 24.7 Å². The van der Waals surface area contributed by atoms with E-state index in [-0.39, 0.29) is 30.2 Å². The number of anilines is 1. The highest BCUT2D eigenvalue weighted by Crippen LogP contribution is 2.35. The normalized spacial score (nSPS) is 14.1. The third-order valence-corrected chi connectivity index (χ3v) is 4.74. The second-order valence-corrected chi connectivity index (χ2v) is 6.82. The molecule has 4 N–H and O–H groups in total. The topological polar surface area (TPSA) is 129 Å². The van der Waals surface area contributed by atoms with Crippen molar-refractivity contribution >= 4 is 34.7 Å². The number of aliphatic hydroxyl groups excluding tert-OH is 1. The van der Waals surface area contributed by atoms with Crippen molar-refractivity contribution in [2.75, 3.05) is 17.7 Å². The van der Waals surface area contributed by atoms with Crippen molar-refractivity contribution in [3.8, 4) is 0 Å². The Morgan fingerprint density at radius 2 is 2.28 bits per heavy atom. The number of hydrogen-bond acceptors (Lipinski definition) is 6. The smallest absolute Gasteiger partial charge is 0.326 e. The molecule has 0 radical (unpaired) electrons. The van der Waals surface area contributed by atoms with Gasteiger partial charge in [-0.05, 0) is 31.0 Å². The minimum Gasteiger partial charge on any atom is -0.396 e. The monoisotopic (exact) mass is 360 g/mol. The molecule has 1 fully saturated rings. The minimum atomic E-state index is -0.350. The molecule has 0 bridgehead atoms. The van der Waals surface area contributed by atoms with Gasteiger partial charge in [0.15, 0.2) is 0 Å². The van der Waals surface area contributed by atoms with E-state index < -0.39 is 0 Å². The summed E-state index contributed by atoms with van der Waals surface area (Å²) in [6, 6.07) is 5.39. The summed E-state index contributed by atoms with van der Waals surface area (Å²) in [4.78, 5) is 31.3. The van der Waals surface area contributed by atoms with Crippen molar-refractivity contribution in [2.24, 2.45) is 0 Å². The van der Waals surface area contributed by atoms with Gasteiger partial charge in [-0.1, -0.05) is 11.8 Å². The predicted octanol–water partition coefficient (Wildman–Crippen LogP) is 1.12. The molecule has 9 nitrogen and oxygen atoms in total. The fraction of sp³-hybridized carbons (Fsp3) is 0.333. The maximum absolute atomic E-state index is 12.4. The molecular formula is C15H16N6O3S. The molecule has 10 heteroatoms. The molecule has 2 heterocycles. The summed E-state index contributed by atoms with van der Waals surface area (Å²) in [6.07, 6.45) is 2.02. The number of amides is 1. The number of carbonyl (C=O) groups excluding carboxylic acids is 1. The van der Waals surface area contributed by atoms with Crippen molar-refractivity contribution in [2.45, 2.75) is 24.0 Å². The number of thioether (sulfide) groups is 1. The van der Waals surface area contributed by atoms with Crippen molar-refractivity contribution in [1.29, 1.82) is 0 Å². The van der Waals surface area contributed by atoms with Crippen molar-refractivity contribution in [3.63, 3.8) is 0 Å². The lowest BCUT2D eigenvalue weighted by atomic mass is 10.2. The quantitative estimate of drug-likeness (QED) is 0.488. The number of fused-ring (bicyclic) bond motifs is 1. The van der Waals surface area contributed by atoms with Gasteiger partial charge < -0.3 is 10.1 Å². The first kappa shape index (κ1) is 15.9. The molecule has 2 aromatic heterocycles. The zero-order valence-corrected chi connectivity index (χ0v) is 14.0. The summed E-state index contributed by atoms with van der Waals surface area (Å²) in [5.41, 5.74) is 1.72. The van der Waals surface area contributed by atoms with E-state index >= 15 is 0 Å². The predicted molar refractivity (Wildman–Crippen MR) is 93.0 cm³/mol. The first-order valence-corrected chi connectivity index (χ1v) is 8.86. The van der Waals surface area contributed by atoms with Gasteiger partial charge in [0.05, 0.1) is 17.6 Å². The molecule has 0 unspecified atom stereocenters. The van der Waals surface area contributed by atoms with Gasteiger partial charge in [0.25, 0.3) is 5.91 Å². The van der Waals surface area contributed by atoms with Crippen LogP contribution in [0.25, 0.3) is 11.0 Å². The van der Waals surface area contributed by atoms with Gasteiger partial charge in [0, 0.05) is 17.4 Å². The molecule has 0 aliphatic heterocycles. The number of carbonyl (C=O) groups is 1. The molecule has 1 saturated carbocycles. The van der Waals surface area contributed by atoms with E-state index in [2.05, 4.69) is 25.5 Å².